The molecule has 118 valence electrons. The van der Waals surface area contributed by atoms with E-state index in [-0.39, 0.29) is 0 Å². The maximum Gasteiger partial charge on any atom is 0.193 e. The Bertz CT molecular complexity index is 557. The number of nitrogens with zero attached hydrogens (tertiary/aromatic N) is 2. The lowest BCUT2D eigenvalue weighted by Crippen LogP contribution is -2.40. The van der Waals surface area contributed by atoms with Gasteiger partial charge >= 0.3 is 0 Å². The van der Waals surface area contributed by atoms with Crippen molar-refractivity contribution in [3.05, 3.63) is 46.5 Å². The molecule has 1 aliphatic rings. The number of guanidine groups is 1. The summed E-state index contributed by atoms with van der Waals surface area (Å²) in [5.74, 6) is 2.08. The SMILES string of the molecule is c1coc(CCNC(=NCCc2cccs2)N2CCCC2)c1. The van der Waals surface area contributed by atoms with Gasteiger partial charge in [-0.3, -0.25) is 4.99 Å². The van der Waals surface area contributed by atoms with Gasteiger partial charge in [0.2, 0.25) is 0 Å². The van der Waals surface area contributed by atoms with Crippen molar-refractivity contribution in [1.29, 1.82) is 0 Å². The second-order valence-electron chi connectivity index (χ2n) is 5.48. The predicted octanol–water partition coefficient (Wildman–Crippen LogP) is 3.17. The van der Waals surface area contributed by atoms with Gasteiger partial charge in [0.1, 0.15) is 5.76 Å². The van der Waals surface area contributed by atoms with Gasteiger partial charge < -0.3 is 14.6 Å². The van der Waals surface area contributed by atoms with E-state index in [4.69, 9.17) is 9.41 Å². The van der Waals surface area contributed by atoms with E-state index in [9.17, 15) is 0 Å². The van der Waals surface area contributed by atoms with Gasteiger partial charge in [0.05, 0.1) is 6.26 Å². The second-order valence-corrected chi connectivity index (χ2v) is 6.52. The molecule has 0 atom stereocenters. The van der Waals surface area contributed by atoms with Crippen molar-refractivity contribution in [2.75, 3.05) is 26.2 Å². The van der Waals surface area contributed by atoms with Crippen LogP contribution < -0.4 is 5.32 Å². The fourth-order valence-corrected chi connectivity index (χ4v) is 3.37. The molecule has 0 amide bonds. The Kier molecular flexibility index (Phi) is 5.54. The standard InChI is InChI=1S/C17H23N3OS/c1-2-12-20(11-1)17(18-9-7-15-5-3-13-21-15)19-10-8-16-6-4-14-22-16/h3-6,13-14H,1-2,7-12H2,(H,18,19). The first-order chi connectivity index (χ1) is 10.9. The minimum absolute atomic E-state index is 0.847. The van der Waals surface area contributed by atoms with Crippen LogP contribution in [0.25, 0.3) is 0 Å². The van der Waals surface area contributed by atoms with E-state index in [0.29, 0.717) is 0 Å². The lowest BCUT2D eigenvalue weighted by molar-refractivity contribution is 0.480. The molecule has 1 aliphatic heterocycles. The number of thiophene rings is 1. The average Bonchev–Trinajstić information content (AvgIpc) is 3.28. The molecule has 1 N–H and O–H groups in total. The first-order valence-electron chi connectivity index (χ1n) is 8.00. The molecule has 3 rings (SSSR count). The van der Waals surface area contributed by atoms with Crippen molar-refractivity contribution < 1.29 is 4.42 Å². The molecule has 4 nitrogen and oxygen atoms in total. The van der Waals surface area contributed by atoms with Gasteiger partial charge in [-0.2, -0.15) is 0 Å². The summed E-state index contributed by atoms with van der Waals surface area (Å²) in [6.07, 6.45) is 6.18. The topological polar surface area (TPSA) is 40.8 Å². The zero-order valence-corrected chi connectivity index (χ0v) is 13.6. The minimum Gasteiger partial charge on any atom is -0.469 e. The summed E-state index contributed by atoms with van der Waals surface area (Å²) in [5.41, 5.74) is 0. The van der Waals surface area contributed by atoms with Crippen molar-refractivity contribution in [2.24, 2.45) is 4.99 Å². The van der Waals surface area contributed by atoms with Crippen LogP contribution in [0.3, 0.4) is 0 Å². The Morgan fingerprint density at radius 3 is 2.86 bits per heavy atom. The molecule has 0 aliphatic carbocycles. The smallest absolute Gasteiger partial charge is 0.193 e. The highest BCUT2D eigenvalue weighted by molar-refractivity contribution is 7.09. The van der Waals surface area contributed by atoms with Crippen molar-refractivity contribution in [3.63, 3.8) is 0 Å². The van der Waals surface area contributed by atoms with Crippen LogP contribution in [0.1, 0.15) is 23.5 Å². The number of hydrogen-bond donors (Lipinski definition) is 1. The van der Waals surface area contributed by atoms with E-state index >= 15 is 0 Å². The number of rotatable bonds is 6. The molecule has 1 fully saturated rings. The van der Waals surface area contributed by atoms with Crippen LogP contribution >= 0.6 is 11.3 Å². The maximum absolute atomic E-state index is 5.38. The third kappa shape index (κ3) is 4.37. The zero-order valence-electron chi connectivity index (χ0n) is 12.8. The molecule has 0 saturated carbocycles. The molecular formula is C17H23N3OS. The van der Waals surface area contributed by atoms with Crippen molar-refractivity contribution in [3.8, 4) is 0 Å². The Balaban J connectivity index is 1.51. The molecule has 5 heteroatoms. The molecule has 2 aromatic heterocycles. The summed E-state index contributed by atoms with van der Waals surface area (Å²) in [4.78, 5) is 8.58. The molecule has 1 saturated heterocycles. The van der Waals surface area contributed by atoms with Crippen LogP contribution in [-0.2, 0) is 12.8 Å². The number of furan rings is 1. The van der Waals surface area contributed by atoms with E-state index in [2.05, 4.69) is 27.7 Å². The summed E-state index contributed by atoms with van der Waals surface area (Å²) < 4.78 is 5.38. The van der Waals surface area contributed by atoms with Crippen molar-refractivity contribution >= 4 is 17.3 Å². The van der Waals surface area contributed by atoms with Crippen LogP contribution in [0.2, 0.25) is 0 Å². The summed E-state index contributed by atoms with van der Waals surface area (Å²) >= 11 is 1.81. The minimum atomic E-state index is 0.847. The first kappa shape index (κ1) is 15.2. The highest BCUT2D eigenvalue weighted by atomic mass is 32.1. The van der Waals surface area contributed by atoms with Gasteiger partial charge in [0.25, 0.3) is 0 Å². The van der Waals surface area contributed by atoms with E-state index in [1.165, 1.54) is 17.7 Å². The lowest BCUT2D eigenvalue weighted by Gasteiger charge is -2.21. The van der Waals surface area contributed by atoms with Gasteiger partial charge in [0.15, 0.2) is 5.96 Å². The largest absolute Gasteiger partial charge is 0.469 e. The lowest BCUT2D eigenvalue weighted by atomic mass is 10.3. The quantitative estimate of drug-likeness (QED) is 0.657. The third-order valence-electron chi connectivity index (χ3n) is 3.84. The van der Waals surface area contributed by atoms with E-state index in [1.54, 1.807) is 6.26 Å². The Hall–Kier alpha value is -1.75. The number of hydrogen-bond acceptors (Lipinski definition) is 3. The van der Waals surface area contributed by atoms with Crippen LogP contribution in [-0.4, -0.2) is 37.0 Å². The molecule has 2 aromatic rings. The molecule has 0 bridgehead atoms. The fourth-order valence-electron chi connectivity index (χ4n) is 2.68. The average molecular weight is 317 g/mol. The third-order valence-corrected chi connectivity index (χ3v) is 4.78. The predicted molar refractivity (Wildman–Crippen MR) is 91.5 cm³/mol. The van der Waals surface area contributed by atoms with Gasteiger partial charge in [0, 0.05) is 43.9 Å². The van der Waals surface area contributed by atoms with Crippen molar-refractivity contribution in [1.82, 2.24) is 10.2 Å². The Morgan fingerprint density at radius 1 is 1.23 bits per heavy atom. The van der Waals surface area contributed by atoms with Crippen LogP contribution in [0.4, 0.5) is 0 Å². The molecule has 22 heavy (non-hydrogen) atoms. The van der Waals surface area contributed by atoms with Gasteiger partial charge in [-0.25, -0.2) is 0 Å². The zero-order chi connectivity index (χ0) is 15.0. The Morgan fingerprint density at radius 2 is 2.14 bits per heavy atom. The summed E-state index contributed by atoms with van der Waals surface area (Å²) in [5, 5.41) is 5.63. The summed E-state index contributed by atoms with van der Waals surface area (Å²) in [7, 11) is 0. The van der Waals surface area contributed by atoms with Crippen LogP contribution in [0.5, 0.6) is 0 Å². The Labute approximate surface area is 135 Å². The fraction of sp³-hybridized carbons (Fsp3) is 0.471. The number of aliphatic imine (C=N–C) groups is 1. The van der Waals surface area contributed by atoms with Gasteiger partial charge in [-0.05, 0) is 36.4 Å². The van der Waals surface area contributed by atoms with E-state index in [1.807, 2.05) is 23.5 Å². The monoisotopic (exact) mass is 317 g/mol. The molecule has 0 spiro atoms. The van der Waals surface area contributed by atoms with Gasteiger partial charge in [-0.15, -0.1) is 11.3 Å². The first-order valence-corrected chi connectivity index (χ1v) is 8.88. The second kappa shape index (κ2) is 8.03. The number of nitrogens with one attached hydrogen (secondary N) is 1. The summed E-state index contributed by atoms with van der Waals surface area (Å²) in [6, 6.07) is 8.24. The number of likely N-dealkylation sites (tertiary alicyclic amines) is 1. The van der Waals surface area contributed by atoms with Crippen molar-refractivity contribution in [2.45, 2.75) is 25.7 Å². The molecule has 3 heterocycles. The maximum atomic E-state index is 5.38. The van der Waals surface area contributed by atoms with Crippen LogP contribution in [0.15, 0.2) is 45.3 Å². The molecule has 0 aromatic carbocycles. The molecular weight excluding hydrogens is 294 g/mol. The van der Waals surface area contributed by atoms with E-state index < -0.39 is 0 Å². The van der Waals surface area contributed by atoms with Gasteiger partial charge in [-0.1, -0.05) is 6.07 Å². The summed E-state index contributed by atoms with van der Waals surface area (Å²) in [6.45, 7) is 3.94. The normalized spacial score (nSPS) is 15.5. The van der Waals surface area contributed by atoms with E-state index in [0.717, 1.165) is 50.7 Å². The highest BCUT2D eigenvalue weighted by Gasteiger charge is 2.15. The highest BCUT2D eigenvalue weighted by Crippen LogP contribution is 2.10. The molecule has 0 radical (unpaired) electrons. The molecule has 0 unspecified atom stereocenters. The van der Waals surface area contributed by atoms with Crippen LogP contribution in [0, 0.1) is 0 Å².